The van der Waals surface area contributed by atoms with E-state index < -0.39 is 0 Å². The molecule has 0 bridgehead atoms. The lowest BCUT2D eigenvalue weighted by molar-refractivity contribution is -0.155. The standard InChI is InChI=1S/C16H25NO3/c1-12-5-6-17(8-16(9-18)10-19-11-16)14(7-12)15-4-3-13(2)20-15/h3-4,12,14,18H,5-11H2,1-2H3. The molecule has 1 aromatic rings. The molecule has 2 aliphatic heterocycles. The van der Waals surface area contributed by atoms with Crippen LogP contribution in [0, 0.1) is 18.3 Å². The molecule has 2 fully saturated rings. The summed E-state index contributed by atoms with van der Waals surface area (Å²) < 4.78 is 11.2. The number of hydrogen-bond acceptors (Lipinski definition) is 4. The largest absolute Gasteiger partial charge is 0.465 e. The highest BCUT2D eigenvalue weighted by molar-refractivity contribution is 5.11. The highest BCUT2D eigenvalue weighted by atomic mass is 16.5. The minimum absolute atomic E-state index is 0.0551. The van der Waals surface area contributed by atoms with Crippen molar-refractivity contribution in [2.75, 3.05) is 32.9 Å². The fraction of sp³-hybridized carbons (Fsp3) is 0.750. The molecule has 2 saturated heterocycles. The number of piperidine rings is 1. The normalized spacial score (nSPS) is 30.1. The summed E-state index contributed by atoms with van der Waals surface area (Å²) in [4.78, 5) is 2.48. The molecule has 1 N–H and O–H groups in total. The molecule has 3 rings (SSSR count). The number of rotatable bonds is 4. The second-order valence-corrected chi connectivity index (χ2v) is 6.72. The van der Waals surface area contributed by atoms with Crippen LogP contribution in [-0.2, 0) is 4.74 Å². The molecule has 4 nitrogen and oxygen atoms in total. The van der Waals surface area contributed by atoms with Gasteiger partial charge in [0.2, 0.25) is 0 Å². The summed E-state index contributed by atoms with van der Waals surface area (Å²) in [7, 11) is 0. The first-order chi connectivity index (χ1) is 9.62. The van der Waals surface area contributed by atoms with Gasteiger partial charge in [0, 0.05) is 6.54 Å². The van der Waals surface area contributed by atoms with Gasteiger partial charge in [-0.25, -0.2) is 0 Å². The van der Waals surface area contributed by atoms with E-state index >= 15 is 0 Å². The van der Waals surface area contributed by atoms with Crippen molar-refractivity contribution in [3.05, 3.63) is 23.7 Å². The number of likely N-dealkylation sites (tertiary alicyclic amines) is 1. The van der Waals surface area contributed by atoms with Crippen LogP contribution >= 0.6 is 0 Å². The average molecular weight is 279 g/mol. The molecule has 1 aromatic heterocycles. The minimum Gasteiger partial charge on any atom is -0.465 e. The number of furan rings is 1. The van der Waals surface area contributed by atoms with Crippen molar-refractivity contribution in [3.8, 4) is 0 Å². The van der Waals surface area contributed by atoms with Crippen LogP contribution in [0.2, 0.25) is 0 Å². The van der Waals surface area contributed by atoms with E-state index in [1.807, 2.05) is 13.0 Å². The molecule has 4 heteroatoms. The van der Waals surface area contributed by atoms with E-state index in [-0.39, 0.29) is 12.0 Å². The van der Waals surface area contributed by atoms with Crippen LogP contribution in [0.4, 0.5) is 0 Å². The topological polar surface area (TPSA) is 45.8 Å². The lowest BCUT2D eigenvalue weighted by Gasteiger charge is -2.47. The Balaban J connectivity index is 1.76. The fourth-order valence-electron chi connectivity index (χ4n) is 3.36. The second kappa shape index (κ2) is 5.51. The van der Waals surface area contributed by atoms with Gasteiger partial charge in [0.15, 0.2) is 0 Å². The Morgan fingerprint density at radius 1 is 1.40 bits per heavy atom. The summed E-state index contributed by atoms with van der Waals surface area (Å²) in [5.41, 5.74) is -0.0551. The van der Waals surface area contributed by atoms with Crippen molar-refractivity contribution in [1.82, 2.24) is 4.90 Å². The number of hydrogen-bond donors (Lipinski definition) is 1. The lowest BCUT2D eigenvalue weighted by Crippen LogP contribution is -2.54. The van der Waals surface area contributed by atoms with Gasteiger partial charge in [0.05, 0.1) is 31.3 Å². The van der Waals surface area contributed by atoms with Crippen molar-refractivity contribution >= 4 is 0 Å². The van der Waals surface area contributed by atoms with Gasteiger partial charge in [-0.3, -0.25) is 4.90 Å². The molecule has 2 unspecified atom stereocenters. The number of ether oxygens (including phenoxy) is 1. The van der Waals surface area contributed by atoms with Crippen LogP contribution < -0.4 is 0 Å². The Bertz CT molecular complexity index is 447. The van der Waals surface area contributed by atoms with Gasteiger partial charge in [-0.2, -0.15) is 0 Å². The van der Waals surface area contributed by atoms with Crippen LogP contribution in [0.15, 0.2) is 16.5 Å². The van der Waals surface area contributed by atoms with Gasteiger partial charge in [-0.15, -0.1) is 0 Å². The van der Waals surface area contributed by atoms with Gasteiger partial charge < -0.3 is 14.3 Å². The van der Waals surface area contributed by atoms with E-state index in [9.17, 15) is 5.11 Å². The van der Waals surface area contributed by atoms with Crippen LogP contribution in [0.5, 0.6) is 0 Å². The van der Waals surface area contributed by atoms with E-state index in [4.69, 9.17) is 9.15 Å². The Kier molecular flexibility index (Phi) is 3.89. The summed E-state index contributed by atoms with van der Waals surface area (Å²) in [6.07, 6.45) is 2.36. The van der Waals surface area contributed by atoms with E-state index in [0.717, 1.165) is 36.9 Å². The average Bonchev–Trinajstić information content (AvgIpc) is 2.82. The quantitative estimate of drug-likeness (QED) is 0.919. The van der Waals surface area contributed by atoms with Crippen LogP contribution in [0.25, 0.3) is 0 Å². The van der Waals surface area contributed by atoms with Crippen LogP contribution in [-0.4, -0.2) is 42.9 Å². The zero-order valence-electron chi connectivity index (χ0n) is 12.5. The van der Waals surface area contributed by atoms with Gasteiger partial charge in [0.1, 0.15) is 11.5 Å². The number of aliphatic hydroxyl groups excluding tert-OH is 1. The van der Waals surface area contributed by atoms with E-state index in [1.54, 1.807) is 0 Å². The van der Waals surface area contributed by atoms with Crippen molar-refractivity contribution < 1.29 is 14.3 Å². The Morgan fingerprint density at radius 2 is 2.20 bits per heavy atom. The molecule has 0 aliphatic carbocycles. The predicted octanol–water partition coefficient (Wildman–Crippen LogP) is 2.37. The maximum absolute atomic E-state index is 9.65. The SMILES string of the molecule is Cc1ccc(C2CC(C)CCN2CC2(CO)COC2)o1. The zero-order chi connectivity index (χ0) is 14.2. The third-order valence-corrected chi connectivity index (χ3v) is 4.76. The second-order valence-electron chi connectivity index (χ2n) is 6.72. The molecule has 0 saturated carbocycles. The fourth-order valence-corrected chi connectivity index (χ4v) is 3.36. The van der Waals surface area contributed by atoms with E-state index in [0.29, 0.717) is 19.3 Å². The Morgan fingerprint density at radius 3 is 2.75 bits per heavy atom. The maximum Gasteiger partial charge on any atom is 0.121 e. The molecule has 2 aliphatic rings. The monoisotopic (exact) mass is 279 g/mol. The Hall–Kier alpha value is -0.840. The third-order valence-electron chi connectivity index (χ3n) is 4.76. The van der Waals surface area contributed by atoms with E-state index in [1.165, 1.54) is 6.42 Å². The molecule has 2 atom stereocenters. The highest BCUT2D eigenvalue weighted by Crippen LogP contribution is 2.38. The number of aryl methyl sites for hydroxylation is 1. The zero-order valence-corrected chi connectivity index (χ0v) is 12.5. The molecule has 0 aromatic carbocycles. The first-order valence-corrected chi connectivity index (χ1v) is 7.61. The summed E-state index contributed by atoms with van der Waals surface area (Å²) in [6.45, 7) is 7.86. The summed E-state index contributed by atoms with van der Waals surface area (Å²) in [6, 6.07) is 4.49. The summed E-state index contributed by atoms with van der Waals surface area (Å²) in [5.74, 6) is 2.77. The summed E-state index contributed by atoms with van der Waals surface area (Å²) in [5, 5.41) is 9.65. The molecule has 3 heterocycles. The molecule has 0 amide bonds. The van der Waals surface area contributed by atoms with Crippen molar-refractivity contribution in [3.63, 3.8) is 0 Å². The van der Waals surface area contributed by atoms with Crippen molar-refractivity contribution in [2.45, 2.75) is 32.7 Å². The molecular weight excluding hydrogens is 254 g/mol. The van der Waals surface area contributed by atoms with Crippen molar-refractivity contribution in [1.29, 1.82) is 0 Å². The number of nitrogens with zero attached hydrogens (tertiary/aromatic N) is 1. The molecule has 0 spiro atoms. The highest BCUT2D eigenvalue weighted by Gasteiger charge is 2.42. The summed E-state index contributed by atoms with van der Waals surface area (Å²) >= 11 is 0. The molecule has 112 valence electrons. The smallest absolute Gasteiger partial charge is 0.121 e. The van der Waals surface area contributed by atoms with Crippen LogP contribution in [0.3, 0.4) is 0 Å². The first kappa shape index (κ1) is 14.1. The minimum atomic E-state index is -0.0551. The molecule has 0 radical (unpaired) electrons. The lowest BCUT2D eigenvalue weighted by atomic mass is 9.83. The molecular formula is C16H25NO3. The van der Waals surface area contributed by atoms with E-state index in [2.05, 4.69) is 17.9 Å². The molecule has 20 heavy (non-hydrogen) atoms. The van der Waals surface area contributed by atoms with Gasteiger partial charge >= 0.3 is 0 Å². The van der Waals surface area contributed by atoms with Gasteiger partial charge in [-0.05, 0) is 44.4 Å². The number of aliphatic hydroxyl groups is 1. The van der Waals surface area contributed by atoms with Crippen LogP contribution in [0.1, 0.15) is 37.3 Å². The first-order valence-electron chi connectivity index (χ1n) is 7.61. The maximum atomic E-state index is 9.65. The third kappa shape index (κ3) is 2.65. The predicted molar refractivity (Wildman–Crippen MR) is 76.5 cm³/mol. The van der Waals surface area contributed by atoms with Gasteiger partial charge in [0.25, 0.3) is 0 Å². The van der Waals surface area contributed by atoms with Crippen molar-refractivity contribution in [2.24, 2.45) is 11.3 Å². The van der Waals surface area contributed by atoms with Gasteiger partial charge in [-0.1, -0.05) is 6.92 Å². The Labute approximate surface area is 120 Å².